The molecule has 4 aliphatic heterocycles. The first-order chi connectivity index (χ1) is 17.7. The van der Waals surface area contributed by atoms with Crippen LogP contribution in [0.15, 0.2) is 12.1 Å². The quantitative estimate of drug-likeness (QED) is 0.635. The number of nitrogens with one attached hydrogen (secondary N) is 1. The number of likely N-dealkylation sites (tertiary alicyclic amines) is 2. The highest BCUT2D eigenvalue weighted by atomic mass is 16.5. The van der Waals surface area contributed by atoms with Crippen LogP contribution in [0, 0.1) is 0 Å². The zero-order chi connectivity index (χ0) is 24.1. The smallest absolute Gasteiger partial charge is 0.272 e. The lowest BCUT2D eigenvalue weighted by molar-refractivity contribution is 0.0901. The molecule has 6 heterocycles. The second-order valence-corrected chi connectivity index (χ2v) is 11.5. The molecule has 1 N–H and O–H groups in total. The van der Waals surface area contributed by atoms with E-state index in [1.807, 2.05) is 4.68 Å². The second-order valence-electron chi connectivity index (χ2n) is 11.5. The molecule has 2 atom stereocenters. The normalized spacial score (nSPS) is 27.8. The molecular weight excluding hydrogens is 454 g/mol. The highest BCUT2D eigenvalue weighted by Gasteiger charge is 2.39. The number of hydrogen-bond donors (Lipinski definition) is 1. The molecule has 194 valence electrons. The number of amides is 1. The van der Waals surface area contributed by atoms with Gasteiger partial charge in [0.2, 0.25) is 0 Å². The van der Waals surface area contributed by atoms with Crippen LogP contribution in [0.1, 0.15) is 67.9 Å². The van der Waals surface area contributed by atoms with E-state index in [-0.39, 0.29) is 11.9 Å². The van der Waals surface area contributed by atoms with Crippen molar-refractivity contribution in [2.75, 3.05) is 57.4 Å². The monoisotopic (exact) mass is 493 g/mol. The highest BCUT2D eigenvalue weighted by Crippen LogP contribution is 2.39. The Balaban J connectivity index is 1.04. The fourth-order valence-corrected chi connectivity index (χ4v) is 6.74. The van der Waals surface area contributed by atoms with Gasteiger partial charge in [-0.15, -0.1) is 0 Å². The van der Waals surface area contributed by atoms with E-state index in [2.05, 4.69) is 32.1 Å². The Morgan fingerprint density at radius 2 is 1.56 bits per heavy atom. The van der Waals surface area contributed by atoms with Gasteiger partial charge >= 0.3 is 0 Å². The van der Waals surface area contributed by atoms with Gasteiger partial charge < -0.3 is 24.8 Å². The number of nitrogens with zero attached hydrogens (tertiary/aromatic N) is 6. The van der Waals surface area contributed by atoms with Crippen molar-refractivity contribution in [3.8, 4) is 0 Å². The lowest BCUT2D eigenvalue weighted by Gasteiger charge is -2.35. The number of pyridine rings is 1. The predicted molar refractivity (Wildman–Crippen MR) is 139 cm³/mol. The Kier molecular flexibility index (Phi) is 6.10. The molecule has 1 aliphatic carbocycles. The largest absolute Gasteiger partial charge is 0.377 e. The summed E-state index contributed by atoms with van der Waals surface area (Å²) in [6.07, 6.45) is 9.28. The van der Waals surface area contributed by atoms with Gasteiger partial charge in [-0.3, -0.25) is 4.79 Å². The molecule has 2 bridgehead atoms. The fourth-order valence-electron chi connectivity index (χ4n) is 6.74. The number of hydrogen-bond acceptors (Lipinski definition) is 7. The van der Waals surface area contributed by atoms with Crippen LogP contribution < -0.4 is 10.2 Å². The predicted octanol–water partition coefficient (Wildman–Crippen LogP) is 2.42. The Bertz CT molecular complexity index is 1080. The molecule has 2 aromatic rings. The molecule has 0 spiro atoms. The van der Waals surface area contributed by atoms with E-state index in [4.69, 9.17) is 14.8 Å². The average molecular weight is 494 g/mol. The summed E-state index contributed by atoms with van der Waals surface area (Å²) >= 11 is 0. The van der Waals surface area contributed by atoms with E-state index in [0.717, 1.165) is 88.2 Å². The van der Waals surface area contributed by atoms with Crippen LogP contribution in [0.4, 0.5) is 5.82 Å². The summed E-state index contributed by atoms with van der Waals surface area (Å²) in [6.45, 7) is 8.53. The number of aromatic nitrogens is 3. The maximum Gasteiger partial charge on any atom is 0.272 e. The number of piperidine rings is 1. The van der Waals surface area contributed by atoms with Gasteiger partial charge in [0.25, 0.3) is 5.91 Å². The first-order valence-corrected chi connectivity index (χ1v) is 14.2. The molecule has 4 saturated heterocycles. The topological polar surface area (TPSA) is 78.8 Å². The Labute approximate surface area is 213 Å². The highest BCUT2D eigenvalue weighted by molar-refractivity contribution is 6.04. The van der Waals surface area contributed by atoms with Crippen LogP contribution in [-0.2, 0) is 4.74 Å². The SMILES string of the molecule is O=C(NC1CCN(CCN2CCCC2)CC1)c1nn(C2CC2)c2nc(N3C4CCC3COC4)ccc12. The minimum atomic E-state index is -0.0455. The van der Waals surface area contributed by atoms with Crippen LogP contribution in [0.25, 0.3) is 11.0 Å². The van der Waals surface area contributed by atoms with E-state index < -0.39 is 0 Å². The van der Waals surface area contributed by atoms with E-state index in [1.54, 1.807) is 0 Å². The van der Waals surface area contributed by atoms with E-state index in [1.165, 1.54) is 32.5 Å². The minimum Gasteiger partial charge on any atom is -0.377 e. The maximum atomic E-state index is 13.4. The number of fused-ring (bicyclic) bond motifs is 3. The molecule has 5 aliphatic rings. The fraction of sp³-hybridized carbons (Fsp3) is 0.741. The van der Waals surface area contributed by atoms with Crippen molar-refractivity contribution in [2.24, 2.45) is 0 Å². The van der Waals surface area contributed by atoms with E-state index in [0.29, 0.717) is 23.8 Å². The number of carbonyl (C=O) groups is 1. The van der Waals surface area contributed by atoms with E-state index >= 15 is 0 Å². The second kappa shape index (κ2) is 9.58. The molecule has 36 heavy (non-hydrogen) atoms. The third-order valence-corrected chi connectivity index (χ3v) is 9.01. The van der Waals surface area contributed by atoms with Crippen LogP contribution in [0.5, 0.6) is 0 Å². The summed E-state index contributed by atoms with van der Waals surface area (Å²) in [7, 11) is 0. The van der Waals surface area contributed by atoms with Crippen LogP contribution in [0.3, 0.4) is 0 Å². The third kappa shape index (κ3) is 4.39. The molecule has 9 heteroatoms. The van der Waals surface area contributed by atoms with Crippen molar-refractivity contribution >= 4 is 22.8 Å². The molecule has 0 aromatic carbocycles. The van der Waals surface area contributed by atoms with Gasteiger partial charge in [-0.25, -0.2) is 9.67 Å². The Hall–Kier alpha value is -2.23. The molecule has 2 unspecified atom stereocenters. The minimum absolute atomic E-state index is 0.0455. The Morgan fingerprint density at radius 1 is 0.889 bits per heavy atom. The van der Waals surface area contributed by atoms with Crippen LogP contribution in [-0.4, -0.2) is 101 Å². The van der Waals surface area contributed by atoms with Gasteiger partial charge in [0.05, 0.1) is 36.7 Å². The zero-order valence-corrected chi connectivity index (χ0v) is 21.3. The van der Waals surface area contributed by atoms with Crippen molar-refractivity contribution in [1.29, 1.82) is 0 Å². The first kappa shape index (κ1) is 22.9. The zero-order valence-electron chi connectivity index (χ0n) is 21.3. The van der Waals surface area contributed by atoms with Gasteiger partial charge in [0.15, 0.2) is 11.3 Å². The summed E-state index contributed by atoms with van der Waals surface area (Å²) in [6, 6.07) is 5.59. The summed E-state index contributed by atoms with van der Waals surface area (Å²) < 4.78 is 7.80. The number of morpholine rings is 1. The molecule has 0 radical (unpaired) electrons. The summed E-state index contributed by atoms with van der Waals surface area (Å²) in [5.41, 5.74) is 1.40. The van der Waals surface area contributed by atoms with Gasteiger partial charge in [0, 0.05) is 32.2 Å². The molecule has 9 nitrogen and oxygen atoms in total. The van der Waals surface area contributed by atoms with Gasteiger partial charge in [0.1, 0.15) is 5.82 Å². The standard InChI is InChI=1S/C27H39N7O2/c35-27(28-19-9-13-32(14-10-19)16-15-31-11-1-2-12-31)25-23-7-8-24(29-26(23)34(30-25)20-3-4-20)33-21-5-6-22(33)18-36-17-21/h7-8,19-22H,1-6,9-18H2,(H,28,35). The van der Waals surface area contributed by atoms with Crippen LogP contribution in [0.2, 0.25) is 0 Å². The van der Waals surface area contributed by atoms with Gasteiger partial charge in [-0.1, -0.05) is 0 Å². The number of ether oxygens (including phenoxy) is 1. The molecule has 5 fully saturated rings. The van der Waals surface area contributed by atoms with Gasteiger partial charge in [-0.05, 0) is 76.6 Å². The van der Waals surface area contributed by atoms with Crippen molar-refractivity contribution in [1.82, 2.24) is 29.9 Å². The lowest BCUT2D eigenvalue weighted by Crippen LogP contribution is -2.46. The number of carbonyl (C=O) groups excluding carboxylic acids is 1. The number of anilines is 1. The Morgan fingerprint density at radius 3 is 2.25 bits per heavy atom. The van der Waals surface area contributed by atoms with E-state index in [9.17, 15) is 4.79 Å². The molecular formula is C27H39N7O2. The average Bonchev–Trinajstić information content (AvgIpc) is 3.37. The molecule has 7 rings (SSSR count). The van der Waals surface area contributed by atoms with Crippen molar-refractivity contribution in [3.05, 3.63) is 17.8 Å². The lowest BCUT2D eigenvalue weighted by atomic mass is 10.0. The third-order valence-electron chi connectivity index (χ3n) is 9.01. The summed E-state index contributed by atoms with van der Waals surface area (Å²) in [5, 5.41) is 9.02. The summed E-state index contributed by atoms with van der Waals surface area (Å²) in [4.78, 5) is 26.1. The summed E-state index contributed by atoms with van der Waals surface area (Å²) in [5.74, 6) is 0.962. The van der Waals surface area contributed by atoms with Gasteiger partial charge in [-0.2, -0.15) is 5.10 Å². The number of rotatable bonds is 7. The molecule has 1 saturated carbocycles. The molecule has 1 amide bonds. The van der Waals surface area contributed by atoms with Crippen molar-refractivity contribution < 1.29 is 9.53 Å². The molecule has 2 aromatic heterocycles. The first-order valence-electron chi connectivity index (χ1n) is 14.2. The van der Waals surface area contributed by atoms with Crippen LogP contribution >= 0.6 is 0 Å². The van der Waals surface area contributed by atoms with Crippen molar-refractivity contribution in [3.63, 3.8) is 0 Å². The maximum absolute atomic E-state index is 13.4. The van der Waals surface area contributed by atoms with Crippen molar-refractivity contribution in [2.45, 2.75) is 75.5 Å².